The average Bonchev–Trinajstić information content (AvgIpc) is 2.28. The summed E-state index contributed by atoms with van der Waals surface area (Å²) in [7, 11) is 0. The second-order valence-electron chi connectivity index (χ2n) is 4.65. The van der Waals surface area contributed by atoms with E-state index in [0.29, 0.717) is 5.92 Å². The van der Waals surface area contributed by atoms with Crippen LogP contribution in [0.25, 0.3) is 0 Å². The van der Waals surface area contributed by atoms with Gasteiger partial charge in [0.15, 0.2) is 0 Å². The van der Waals surface area contributed by atoms with Crippen molar-refractivity contribution in [1.29, 1.82) is 0 Å². The van der Waals surface area contributed by atoms with Crippen LogP contribution in [0.4, 0.5) is 0 Å². The van der Waals surface area contributed by atoms with E-state index in [1.54, 1.807) is 0 Å². The van der Waals surface area contributed by atoms with Crippen LogP contribution in [-0.4, -0.2) is 24.5 Å². The molecule has 0 aliphatic carbocycles. The van der Waals surface area contributed by atoms with Crippen LogP contribution in [0, 0.1) is 18.3 Å². The number of amides is 1. The molecule has 1 rings (SSSR count). The molecule has 1 amide bonds. The lowest BCUT2D eigenvalue weighted by Crippen LogP contribution is -2.50. The first kappa shape index (κ1) is 13.1. The maximum atomic E-state index is 11.9. The van der Waals surface area contributed by atoms with Crippen molar-refractivity contribution >= 4 is 5.91 Å². The zero-order valence-electron chi connectivity index (χ0n) is 10.3. The van der Waals surface area contributed by atoms with Crippen LogP contribution < -0.4 is 10.6 Å². The highest BCUT2D eigenvalue weighted by Crippen LogP contribution is 2.15. The number of terminal acetylenes is 1. The number of rotatable bonds is 4. The van der Waals surface area contributed by atoms with Crippen molar-refractivity contribution in [3.63, 3.8) is 0 Å². The summed E-state index contributed by atoms with van der Waals surface area (Å²) in [5.41, 5.74) is 0. The quantitative estimate of drug-likeness (QED) is 0.704. The summed E-state index contributed by atoms with van der Waals surface area (Å²) >= 11 is 0. The normalized spacial score (nSPS) is 26.8. The van der Waals surface area contributed by atoms with Crippen molar-refractivity contribution in [2.45, 2.75) is 51.6 Å². The summed E-state index contributed by atoms with van der Waals surface area (Å²) in [5, 5.41) is 6.16. The van der Waals surface area contributed by atoms with Gasteiger partial charge in [-0.25, -0.2) is 0 Å². The topological polar surface area (TPSA) is 41.1 Å². The molecule has 3 nitrogen and oxygen atoms in total. The predicted octanol–water partition coefficient (Wildman–Crippen LogP) is 1.29. The summed E-state index contributed by atoms with van der Waals surface area (Å²) in [6.07, 6.45) is 9.28. The zero-order chi connectivity index (χ0) is 12.0. The van der Waals surface area contributed by atoms with E-state index in [9.17, 15) is 4.79 Å². The molecule has 0 spiro atoms. The molecule has 16 heavy (non-hydrogen) atoms. The Labute approximate surface area is 98.4 Å². The van der Waals surface area contributed by atoms with Crippen LogP contribution in [0.3, 0.4) is 0 Å². The van der Waals surface area contributed by atoms with E-state index in [0.717, 1.165) is 32.2 Å². The molecular formula is C13H22N2O. The first-order chi connectivity index (χ1) is 7.67. The predicted molar refractivity (Wildman–Crippen MR) is 65.9 cm³/mol. The minimum Gasteiger partial charge on any atom is -0.341 e. The fourth-order valence-electron chi connectivity index (χ4n) is 2.07. The molecule has 1 fully saturated rings. The van der Waals surface area contributed by atoms with Crippen LogP contribution in [-0.2, 0) is 4.79 Å². The highest BCUT2D eigenvalue weighted by atomic mass is 16.2. The highest BCUT2D eigenvalue weighted by Gasteiger charge is 2.25. The molecule has 0 saturated carbocycles. The molecule has 0 aromatic rings. The van der Waals surface area contributed by atoms with Crippen molar-refractivity contribution in [2.24, 2.45) is 5.92 Å². The molecular weight excluding hydrogens is 200 g/mol. The number of carbonyl (C=O) groups excluding carboxylic acids is 1. The fourth-order valence-corrected chi connectivity index (χ4v) is 2.07. The van der Waals surface area contributed by atoms with Gasteiger partial charge < -0.3 is 10.6 Å². The molecule has 3 unspecified atom stereocenters. The van der Waals surface area contributed by atoms with Gasteiger partial charge in [0.25, 0.3) is 0 Å². The molecule has 0 aromatic carbocycles. The SMILES string of the molecule is C#CC(CCC)NC(=O)C1CC(C)CCN1. The Morgan fingerprint density at radius 1 is 1.69 bits per heavy atom. The molecule has 1 saturated heterocycles. The standard InChI is InChI=1S/C13H22N2O/c1-4-6-11(5-2)15-13(16)12-9-10(3)7-8-14-12/h2,10-12,14H,4,6-9H2,1,3H3,(H,15,16). The molecule has 3 heteroatoms. The van der Waals surface area contributed by atoms with E-state index in [-0.39, 0.29) is 18.0 Å². The summed E-state index contributed by atoms with van der Waals surface area (Å²) in [6, 6.07) is -0.173. The lowest BCUT2D eigenvalue weighted by Gasteiger charge is -2.28. The molecule has 1 aliphatic heterocycles. The van der Waals surface area contributed by atoms with Crippen molar-refractivity contribution in [3.8, 4) is 12.3 Å². The second-order valence-corrected chi connectivity index (χ2v) is 4.65. The van der Waals surface area contributed by atoms with Crippen LogP contribution >= 0.6 is 0 Å². The molecule has 0 bridgehead atoms. The van der Waals surface area contributed by atoms with Gasteiger partial charge in [0.1, 0.15) is 0 Å². The minimum atomic E-state index is -0.114. The van der Waals surface area contributed by atoms with E-state index in [4.69, 9.17) is 6.42 Å². The Bertz CT molecular complexity index is 270. The van der Waals surface area contributed by atoms with Gasteiger partial charge >= 0.3 is 0 Å². The van der Waals surface area contributed by atoms with Gasteiger partial charge in [-0.3, -0.25) is 4.79 Å². The van der Waals surface area contributed by atoms with E-state index in [2.05, 4.69) is 30.4 Å². The third-order valence-electron chi connectivity index (χ3n) is 3.08. The highest BCUT2D eigenvalue weighted by molar-refractivity contribution is 5.82. The van der Waals surface area contributed by atoms with Gasteiger partial charge in [-0.15, -0.1) is 6.42 Å². The third-order valence-corrected chi connectivity index (χ3v) is 3.08. The van der Waals surface area contributed by atoms with Crippen LogP contribution in [0.15, 0.2) is 0 Å². The summed E-state index contributed by atoms with van der Waals surface area (Å²) in [6.45, 7) is 5.18. The van der Waals surface area contributed by atoms with Crippen LogP contribution in [0.1, 0.15) is 39.5 Å². The van der Waals surface area contributed by atoms with Crippen LogP contribution in [0.2, 0.25) is 0 Å². The average molecular weight is 222 g/mol. The Morgan fingerprint density at radius 2 is 2.44 bits per heavy atom. The molecule has 0 aromatic heterocycles. The third kappa shape index (κ3) is 3.86. The summed E-state index contributed by atoms with van der Waals surface area (Å²) < 4.78 is 0. The Hall–Kier alpha value is -1.01. The number of nitrogens with one attached hydrogen (secondary N) is 2. The van der Waals surface area contributed by atoms with Gasteiger partial charge in [-0.05, 0) is 31.7 Å². The van der Waals surface area contributed by atoms with Gasteiger partial charge in [-0.1, -0.05) is 26.2 Å². The maximum Gasteiger partial charge on any atom is 0.238 e. The summed E-state index contributed by atoms with van der Waals surface area (Å²) in [5.74, 6) is 3.30. The van der Waals surface area contributed by atoms with Gasteiger partial charge in [0.2, 0.25) is 5.91 Å². The van der Waals surface area contributed by atoms with E-state index < -0.39 is 0 Å². The molecule has 0 radical (unpaired) electrons. The van der Waals surface area contributed by atoms with E-state index in [1.165, 1.54) is 0 Å². The summed E-state index contributed by atoms with van der Waals surface area (Å²) in [4.78, 5) is 11.9. The first-order valence-corrected chi connectivity index (χ1v) is 6.17. The number of carbonyl (C=O) groups is 1. The number of hydrogen-bond acceptors (Lipinski definition) is 2. The number of piperidine rings is 1. The molecule has 1 heterocycles. The van der Waals surface area contributed by atoms with Crippen LogP contribution in [0.5, 0.6) is 0 Å². The van der Waals surface area contributed by atoms with E-state index >= 15 is 0 Å². The lowest BCUT2D eigenvalue weighted by atomic mass is 9.93. The first-order valence-electron chi connectivity index (χ1n) is 6.17. The van der Waals surface area contributed by atoms with Gasteiger partial charge in [-0.2, -0.15) is 0 Å². The van der Waals surface area contributed by atoms with E-state index in [1.807, 2.05) is 0 Å². The Balaban J connectivity index is 2.41. The Kier molecular flexibility index (Phi) is 5.34. The molecule has 3 atom stereocenters. The molecule has 90 valence electrons. The lowest BCUT2D eigenvalue weighted by molar-refractivity contribution is -0.124. The monoisotopic (exact) mass is 222 g/mol. The smallest absolute Gasteiger partial charge is 0.238 e. The minimum absolute atomic E-state index is 0.0583. The van der Waals surface area contributed by atoms with Gasteiger partial charge in [0.05, 0.1) is 12.1 Å². The molecule has 2 N–H and O–H groups in total. The molecule has 1 aliphatic rings. The number of hydrogen-bond donors (Lipinski definition) is 2. The van der Waals surface area contributed by atoms with Crippen molar-refractivity contribution < 1.29 is 4.79 Å². The second kappa shape index (κ2) is 6.55. The Morgan fingerprint density at radius 3 is 3.00 bits per heavy atom. The van der Waals surface area contributed by atoms with Gasteiger partial charge in [0, 0.05) is 0 Å². The fraction of sp³-hybridized carbons (Fsp3) is 0.769. The van der Waals surface area contributed by atoms with Crippen molar-refractivity contribution in [1.82, 2.24) is 10.6 Å². The largest absolute Gasteiger partial charge is 0.341 e. The van der Waals surface area contributed by atoms with Crippen molar-refractivity contribution in [2.75, 3.05) is 6.54 Å². The maximum absolute atomic E-state index is 11.9. The van der Waals surface area contributed by atoms with Crippen molar-refractivity contribution in [3.05, 3.63) is 0 Å². The zero-order valence-corrected chi connectivity index (χ0v) is 10.3.